The molecule has 19 heavy (non-hydrogen) atoms. The fourth-order valence-electron chi connectivity index (χ4n) is 1.76. The molecule has 0 atom stereocenters. The van der Waals surface area contributed by atoms with Crippen molar-refractivity contribution >= 4 is 45.2 Å². The number of hydrogen-bond donors (Lipinski definition) is 0. The molecule has 0 bridgehead atoms. The maximum absolute atomic E-state index is 13.5. The van der Waals surface area contributed by atoms with E-state index in [1.54, 1.807) is 22.6 Å². The van der Waals surface area contributed by atoms with Gasteiger partial charge in [0, 0.05) is 12.6 Å². The first-order valence-electron chi connectivity index (χ1n) is 5.28. The predicted molar refractivity (Wildman–Crippen MR) is 72.6 cm³/mol. The van der Waals surface area contributed by atoms with E-state index in [-0.39, 0.29) is 12.4 Å². The Morgan fingerprint density at radius 2 is 2.00 bits per heavy atom. The van der Waals surface area contributed by atoms with Gasteiger partial charge in [-0.15, -0.1) is 11.6 Å². The molecule has 0 amide bonds. The molecule has 0 aliphatic rings. The maximum atomic E-state index is 13.5. The smallest absolute Gasteiger partial charge is 0.327 e. The summed E-state index contributed by atoms with van der Waals surface area (Å²) in [6.07, 6.45) is -5.28. The highest BCUT2D eigenvalue weighted by atomic mass is 127. The largest absolute Gasteiger partial charge is 0.390 e. The van der Waals surface area contributed by atoms with Gasteiger partial charge in [0.2, 0.25) is 0 Å². The molecule has 2 nitrogen and oxygen atoms in total. The van der Waals surface area contributed by atoms with Gasteiger partial charge in [-0.2, -0.15) is 13.2 Å². The van der Waals surface area contributed by atoms with E-state index in [1.807, 2.05) is 0 Å². The third-order valence-electron chi connectivity index (χ3n) is 2.61. The summed E-state index contributed by atoms with van der Waals surface area (Å²) in [4.78, 5) is 4.13. The van der Waals surface area contributed by atoms with Crippen LogP contribution in [0.15, 0.2) is 12.1 Å². The fraction of sp³-hybridized carbons (Fsp3) is 0.364. The van der Waals surface area contributed by atoms with Gasteiger partial charge in [-0.25, -0.2) is 9.37 Å². The van der Waals surface area contributed by atoms with Gasteiger partial charge in [-0.1, -0.05) is 0 Å². The normalized spacial score (nSPS) is 12.3. The van der Waals surface area contributed by atoms with E-state index < -0.39 is 18.4 Å². The number of alkyl halides is 4. The molecular weight excluding hydrogens is 398 g/mol. The zero-order chi connectivity index (χ0) is 14.2. The minimum atomic E-state index is -4.28. The monoisotopic (exact) mass is 406 g/mol. The standard InChI is InChI=1S/C11H8ClF4IN2/c12-5-10-18-8-4-7(17)6(13)3-9(8)19(10)2-1-11(14,15)16/h3-4H,1-2,5H2. The van der Waals surface area contributed by atoms with E-state index in [1.165, 1.54) is 16.7 Å². The maximum Gasteiger partial charge on any atom is 0.390 e. The second-order valence-electron chi connectivity index (χ2n) is 3.93. The second kappa shape index (κ2) is 5.43. The number of aromatic nitrogens is 2. The molecule has 1 aromatic carbocycles. The minimum absolute atomic E-state index is 0.0231. The molecule has 104 valence electrons. The van der Waals surface area contributed by atoms with Crippen LogP contribution in [0.2, 0.25) is 0 Å². The summed E-state index contributed by atoms with van der Waals surface area (Å²) in [6, 6.07) is 2.68. The number of nitrogens with zero attached hydrogens (tertiary/aromatic N) is 2. The molecule has 0 fully saturated rings. The third kappa shape index (κ3) is 3.31. The van der Waals surface area contributed by atoms with Crippen LogP contribution in [0.4, 0.5) is 17.6 Å². The van der Waals surface area contributed by atoms with Gasteiger partial charge in [-0.05, 0) is 28.7 Å². The SMILES string of the molecule is Fc1cc2c(cc1I)nc(CCl)n2CCC(F)(F)F. The van der Waals surface area contributed by atoms with Gasteiger partial charge >= 0.3 is 6.18 Å². The van der Waals surface area contributed by atoms with Crippen molar-refractivity contribution in [1.82, 2.24) is 9.55 Å². The van der Waals surface area contributed by atoms with Crippen molar-refractivity contribution in [2.24, 2.45) is 0 Å². The van der Waals surface area contributed by atoms with Crippen LogP contribution in [0.3, 0.4) is 0 Å². The Labute approximate surface area is 124 Å². The van der Waals surface area contributed by atoms with Crippen LogP contribution in [0.1, 0.15) is 12.2 Å². The molecule has 0 aliphatic heterocycles. The summed E-state index contributed by atoms with van der Waals surface area (Å²) in [7, 11) is 0. The molecular formula is C11H8ClF4IN2. The highest BCUT2D eigenvalue weighted by Gasteiger charge is 2.27. The highest BCUT2D eigenvalue weighted by molar-refractivity contribution is 14.1. The Kier molecular flexibility index (Phi) is 4.24. The summed E-state index contributed by atoms with van der Waals surface area (Å²) >= 11 is 7.48. The van der Waals surface area contributed by atoms with Crippen molar-refractivity contribution in [2.45, 2.75) is 25.0 Å². The summed E-state index contributed by atoms with van der Waals surface area (Å²) in [5, 5.41) is 0. The van der Waals surface area contributed by atoms with Crippen molar-refractivity contribution in [2.75, 3.05) is 0 Å². The van der Waals surface area contributed by atoms with E-state index in [2.05, 4.69) is 4.98 Å². The van der Waals surface area contributed by atoms with Crippen molar-refractivity contribution in [3.05, 3.63) is 27.3 Å². The summed E-state index contributed by atoms with van der Waals surface area (Å²) in [6.45, 7) is -0.317. The summed E-state index contributed by atoms with van der Waals surface area (Å²) in [5.41, 5.74) is 0.779. The number of imidazole rings is 1. The first kappa shape index (κ1) is 14.8. The average molecular weight is 407 g/mol. The molecule has 0 unspecified atom stereocenters. The minimum Gasteiger partial charge on any atom is -0.327 e. The number of aryl methyl sites for hydroxylation is 1. The lowest BCUT2D eigenvalue weighted by Gasteiger charge is -2.10. The van der Waals surface area contributed by atoms with E-state index >= 15 is 0 Å². The Bertz CT molecular complexity index is 609. The first-order valence-corrected chi connectivity index (χ1v) is 6.90. The van der Waals surface area contributed by atoms with Crippen LogP contribution in [-0.4, -0.2) is 15.7 Å². The van der Waals surface area contributed by atoms with E-state index in [4.69, 9.17) is 11.6 Å². The molecule has 0 spiro atoms. The summed E-state index contributed by atoms with van der Waals surface area (Å²) in [5.74, 6) is -0.199. The van der Waals surface area contributed by atoms with Crippen molar-refractivity contribution < 1.29 is 17.6 Å². The lowest BCUT2D eigenvalue weighted by molar-refractivity contribution is -0.136. The number of rotatable bonds is 3. The van der Waals surface area contributed by atoms with Gasteiger partial charge in [-0.3, -0.25) is 0 Å². The second-order valence-corrected chi connectivity index (χ2v) is 5.36. The van der Waals surface area contributed by atoms with Gasteiger partial charge in [0.1, 0.15) is 11.6 Å². The van der Waals surface area contributed by atoms with E-state index in [9.17, 15) is 17.6 Å². The van der Waals surface area contributed by atoms with Crippen LogP contribution in [-0.2, 0) is 12.4 Å². The van der Waals surface area contributed by atoms with Gasteiger partial charge in [0.25, 0.3) is 0 Å². The van der Waals surface area contributed by atoms with Gasteiger partial charge in [0.15, 0.2) is 0 Å². The van der Waals surface area contributed by atoms with Crippen LogP contribution < -0.4 is 0 Å². The molecule has 2 rings (SSSR count). The van der Waals surface area contributed by atoms with Crippen LogP contribution in [0.5, 0.6) is 0 Å². The van der Waals surface area contributed by atoms with Crippen LogP contribution in [0, 0.1) is 9.39 Å². The van der Waals surface area contributed by atoms with E-state index in [0.717, 1.165) is 0 Å². The van der Waals surface area contributed by atoms with E-state index in [0.29, 0.717) is 20.4 Å². The van der Waals surface area contributed by atoms with Gasteiger partial charge in [0.05, 0.1) is 26.9 Å². The first-order chi connectivity index (χ1) is 8.81. The molecule has 0 aliphatic carbocycles. The molecule has 1 heterocycles. The molecule has 2 aromatic rings. The molecule has 1 aromatic heterocycles. The molecule has 0 N–H and O–H groups in total. The average Bonchev–Trinajstić information content (AvgIpc) is 2.63. The van der Waals surface area contributed by atoms with Crippen molar-refractivity contribution in [1.29, 1.82) is 0 Å². The van der Waals surface area contributed by atoms with Crippen molar-refractivity contribution in [3.63, 3.8) is 0 Å². The zero-order valence-electron chi connectivity index (χ0n) is 9.44. The zero-order valence-corrected chi connectivity index (χ0v) is 12.4. The lowest BCUT2D eigenvalue weighted by Crippen LogP contribution is -2.13. The Morgan fingerprint density at radius 1 is 1.32 bits per heavy atom. The Hall–Kier alpha value is -0.570. The van der Waals surface area contributed by atoms with Crippen molar-refractivity contribution in [3.8, 4) is 0 Å². The number of fused-ring (bicyclic) bond motifs is 1. The van der Waals surface area contributed by atoms with Crippen LogP contribution in [0.25, 0.3) is 11.0 Å². The molecule has 0 saturated heterocycles. The molecule has 0 saturated carbocycles. The molecule has 8 heteroatoms. The summed E-state index contributed by atoms with van der Waals surface area (Å²) < 4.78 is 52.0. The third-order valence-corrected chi connectivity index (χ3v) is 3.67. The Balaban J connectivity index is 2.48. The number of halogens is 6. The molecule has 0 radical (unpaired) electrons. The van der Waals surface area contributed by atoms with Gasteiger partial charge < -0.3 is 4.57 Å². The number of benzene rings is 1. The lowest BCUT2D eigenvalue weighted by atomic mass is 10.3. The number of hydrogen-bond acceptors (Lipinski definition) is 1. The predicted octanol–water partition coefficient (Wildman–Crippen LogP) is 4.47. The Morgan fingerprint density at radius 3 is 2.58 bits per heavy atom. The quantitative estimate of drug-likeness (QED) is 0.418. The highest BCUT2D eigenvalue weighted by Crippen LogP contribution is 2.26. The topological polar surface area (TPSA) is 17.8 Å². The fourth-order valence-corrected chi connectivity index (χ4v) is 2.41. The van der Waals surface area contributed by atoms with Crippen LogP contribution >= 0.6 is 34.2 Å².